The molecule has 5 atom stereocenters. The zero-order valence-electron chi connectivity index (χ0n) is 18.0. The Kier molecular flexibility index (Phi) is 7.19. The molecule has 2 N–H and O–H groups in total. The molecule has 0 amide bonds. The maximum absolute atomic E-state index is 11.5. The van der Waals surface area contributed by atoms with E-state index in [-0.39, 0.29) is 18.8 Å². The quantitative estimate of drug-likeness (QED) is 0.407. The Hall–Kier alpha value is -2.75. The first kappa shape index (κ1) is 22.4. The van der Waals surface area contributed by atoms with Gasteiger partial charge in [-0.25, -0.2) is 4.79 Å². The fraction of sp³-hybridized carbons (Fsp3) is 0.375. The first-order valence-corrected chi connectivity index (χ1v) is 10.5. The average molecular weight is 441 g/mol. The molecule has 3 aromatic rings. The van der Waals surface area contributed by atoms with Crippen molar-refractivity contribution in [3.05, 3.63) is 76.6 Å². The molecule has 1 aliphatic rings. The first-order chi connectivity index (χ1) is 15.6. The Morgan fingerprint density at radius 1 is 1.16 bits per heavy atom. The zero-order chi connectivity index (χ0) is 22.5. The number of ether oxygens (including phenoxy) is 4. The lowest BCUT2D eigenvalue weighted by atomic mass is 10.1. The summed E-state index contributed by atoms with van der Waals surface area (Å²) in [5.41, 5.74) is 1.62. The van der Waals surface area contributed by atoms with Gasteiger partial charge in [-0.05, 0) is 25.1 Å². The molecule has 0 radical (unpaired) electrons. The molecule has 8 heteroatoms. The van der Waals surface area contributed by atoms with Crippen LogP contribution in [0.1, 0.15) is 18.8 Å². The van der Waals surface area contributed by atoms with Crippen LogP contribution < -0.4 is 10.9 Å². The molecule has 32 heavy (non-hydrogen) atoms. The third-order valence-corrected chi connectivity index (χ3v) is 5.39. The Labute approximate surface area is 185 Å². The summed E-state index contributed by atoms with van der Waals surface area (Å²) < 4.78 is 28.7. The maximum Gasteiger partial charge on any atom is 0.336 e. The highest BCUT2D eigenvalue weighted by Crippen LogP contribution is 2.28. The van der Waals surface area contributed by atoms with Crippen LogP contribution in [-0.2, 0) is 18.9 Å². The third-order valence-electron chi connectivity index (χ3n) is 5.39. The van der Waals surface area contributed by atoms with Crippen LogP contribution in [0.5, 0.6) is 0 Å². The van der Waals surface area contributed by atoms with Crippen molar-refractivity contribution in [2.75, 3.05) is 25.6 Å². The topological polar surface area (TPSA) is 99.4 Å². The second-order valence-electron chi connectivity index (χ2n) is 7.64. The number of fused-ring (bicyclic) bond motifs is 1. The van der Waals surface area contributed by atoms with Gasteiger partial charge in [-0.15, -0.1) is 0 Å². The van der Waals surface area contributed by atoms with Gasteiger partial charge < -0.3 is 33.8 Å². The number of hydrogen-bond donors (Lipinski definition) is 2. The van der Waals surface area contributed by atoms with E-state index in [0.717, 1.165) is 10.9 Å². The Morgan fingerprint density at radius 3 is 2.66 bits per heavy atom. The van der Waals surface area contributed by atoms with Crippen molar-refractivity contribution in [3.8, 4) is 0 Å². The van der Waals surface area contributed by atoms with E-state index in [9.17, 15) is 9.90 Å². The summed E-state index contributed by atoms with van der Waals surface area (Å²) in [5, 5.41) is 14.0. The molecular formula is C24H27NO7. The van der Waals surface area contributed by atoms with Crippen LogP contribution in [0.2, 0.25) is 0 Å². The molecule has 2 unspecified atom stereocenters. The minimum Gasteiger partial charge on any atom is -0.423 e. The van der Waals surface area contributed by atoms with Crippen molar-refractivity contribution in [3.63, 3.8) is 0 Å². The Bertz CT molecular complexity index is 1070. The van der Waals surface area contributed by atoms with Gasteiger partial charge in [0.1, 0.15) is 17.7 Å². The minimum atomic E-state index is -0.772. The molecule has 2 aromatic carbocycles. The minimum absolute atomic E-state index is 0.245. The second-order valence-corrected chi connectivity index (χ2v) is 7.64. The number of aliphatic hydroxyl groups excluding tert-OH is 1. The van der Waals surface area contributed by atoms with E-state index in [0.29, 0.717) is 17.9 Å². The van der Waals surface area contributed by atoms with Gasteiger partial charge in [0.25, 0.3) is 0 Å². The standard InChI is InChI=1S/C24H27NO7/c1-15-21(14-29-23(30-15)17-6-4-3-5-7-17)32-24(28-2)19(13-26)25-18-10-8-16-9-11-22(27)31-20(16)12-18/h3-12,15,19,21,23-26H,13-14H2,1-2H3/t15-,19-,21?,23?,24-/m0/s1. The van der Waals surface area contributed by atoms with Gasteiger partial charge in [0.15, 0.2) is 12.6 Å². The first-order valence-electron chi connectivity index (χ1n) is 10.5. The molecule has 4 rings (SSSR count). The lowest BCUT2D eigenvalue weighted by Crippen LogP contribution is -2.48. The molecule has 0 bridgehead atoms. The summed E-state index contributed by atoms with van der Waals surface area (Å²) >= 11 is 0. The van der Waals surface area contributed by atoms with Crippen molar-refractivity contribution in [1.29, 1.82) is 0 Å². The number of anilines is 1. The van der Waals surface area contributed by atoms with Crippen LogP contribution >= 0.6 is 0 Å². The van der Waals surface area contributed by atoms with Crippen molar-refractivity contribution in [1.82, 2.24) is 0 Å². The number of nitrogens with one attached hydrogen (secondary N) is 1. The van der Waals surface area contributed by atoms with Crippen molar-refractivity contribution >= 4 is 16.7 Å². The predicted octanol–water partition coefficient (Wildman–Crippen LogP) is 3.06. The summed E-state index contributed by atoms with van der Waals surface area (Å²) in [6.45, 7) is 1.99. The van der Waals surface area contributed by atoms with E-state index in [1.165, 1.54) is 13.2 Å². The third kappa shape index (κ3) is 5.17. The summed E-state index contributed by atoms with van der Waals surface area (Å²) in [6, 6.07) is 17.6. The van der Waals surface area contributed by atoms with E-state index in [2.05, 4.69) is 5.32 Å². The van der Waals surface area contributed by atoms with Gasteiger partial charge >= 0.3 is 5.63 Å². The van der Waals surface area contributed by atoms with E-state index in [1.807, 2.05) is 49.4 Å². The van der Waals surface area contributed by atoms with E-state index < -0.39 is 24.2 Å². The zero-order valence-corrected chi connectivity index (χ0v) is 18.0. The van der Waals surface area contributed by atoms with Crippen molar-refractivity contribution in [2.45, 2.75) is 37.8 Å². The highest BCUT2D eigenvalue weighted by molar-refractivity contribution is 5.80. The summed E-state index contributed by atoms with van der Waals surface area (Å²) in [7, 11) is 1.51. The predicted molar refractivity (Wildman–Crippen MR) is 118 cm³/mol. The number of rotatable bonds is 8. The number of aliphatic hydroxyl groups is 1. The van der Waals surface area contributed by atoms with Crippen LogP contribution in [0.4, 0.5) is 5.69 Å². The molecule has 0 spiro atoms. The molecule has 1 aliphatic heterocycles. The molecule has 1 saturated heterocycles. The number of benzene rings is 2. The van der Waals surface area contributed by atoms with Crippen LogP contribution in [0.25, 0.3) is 11.0 Å². The number of hydrogen-bond acceptors (Lipinski definition) is 8. The van der Waals surface area contributed by atoms with E-state index in [4.69, 9.17) is 23.4 Å². The van der Waals surface area contributed by atoms with Gasteiger partial charge in [-0.1, -0.05) is 30.3 Å². The smallest absolute Gasteiger partial charge is 0.336 e. The van der Waals surface area contributed by atoms with Gasteiger partial charge in [0.05, 0.1) is 19.3 Å². The van der Waals surface area contributed by atoms with Gasteiger partial charge in [-0.2, -0.15) is 0 Å². The second kappa shape index (κ2) is 10.2. The van der Waals surface area contributed by atoms with E-state index in [1.54, 1.807) is 12.1 Å². The largest absolute Gasteiger partial charge is 0.423 e. The summed E-state index contributed by atoms with van der Waals surface area (Å²) in [5.74, 6) is 0. The molecule has 0 aliphatic carbocycles. The normalized spacial score (nSPS) is 23.0. The molecule has 1 aromatic heterocycles. The summed E-state index contributed by atoms with van der Waals surface area (Å²) in [4.78, 5) is 11.5. The van der Waals surface area contributed by atoms with Gasteiger partial charge in [0, 0.05) is 35.9 Å². The van der Waals surface area contributed by atoms with Crippen molar-refractivity contribution < 1.29 is 28.5 Å². The van der Waals surface area contributed by atoms with Crippen LogP contribution in [0.15, 0.2) is 69.9 Å². The number of methoxy groups -OCH3 is 1. The highest BCUT2D eigenvalue weighted by Gasteiger charge is 2.34. The van der Waals surface area contributed by atoms with Crippen LogP contribution in [0, 0.1) is 0 Å². The lowest BCUT2D eigenvalue weighted by Gasteiger charge is -2.37. The van der Waals surface area contributed by atoms with Crippen molar-refractivity contribution in [2.24, 2.45) is 0 Å². The molecule has 8 nitrogen and oxygen atoms in total. The van der Waals surface area contributed by atoms with Gasteiger partial charge in [-0.3, -0.25) is 0 Å². The Morgan fingerprint density at radius 2 is 1.94 bits per heavy atom. The Balaban J connectivity index is 1.41. The average Bonchev–Trinajstić information content (AvgIpc) is 2.82. The molecule has 170 valence electrons. The van der Waals surface area contributed by atoms with Crippen LogP contribution in [-0.4, -0.2) is 50.0 Å². The lowest BCUT2D eigenvalue weighted by molar-refractivity contribution is -0.290. The molecule has 2 heterocycles. The monoisotopic (exact) mass is 441 g/mol. The maximum atomic E-state index is 11.5. The molecule has 1 fully saturated rings. The van der Waals surface area contributed by atoms with Crippen LogP contribution in [0.3, 0.4) is 0 Å². The van der Waals surface area contributed by atoms with E-state index >= 15 is 0 Å². The highest BCUT2D eigenvalue weighted by atomic mass is 16.7. The molecule has 0 saturated carbocycles. The molecular weight excluding hydrogens is 414 g/mol. The fourth-order valence-corrected chi connectivity index (χ4v) is 3.63. The fourth-order valence-electron chi connectivity index (χ4n) is 3.63. The van der Waals surface area contributed by atoms with Gasteiger partial charge in [0.2, 0.25) is 0 Å². The SMILES string of the molecule is CO[C@@H](OC1COC(c2ccccc2)O[C@H]1C)[C@H](CO)Nc1ccc2ccc(=O)oc2c1. The summed E-state index contributed by atoms with van der Waals surface area (Å²) in [6.07, 6.45) is -1.86.